The van der Waals surface area contributed by atoms with Crippen LogP contribution in [0.15, 0.2) is 35.4 Å². The molecule has 1 aromatic carbocycles. The number of alkyl halides is 3. The first-order valence-electron chi connectivity index (χ1n) is 12.0. The van der Waals surface area contributed by atoms with Crippen LogP contribution in [-0.4, -0.2) is 83.0 Å². The van der Waals surface area contributed by atoms with Crippen LogP contribution in [0.25, 0.3) is 10.8 Å². The molecule has 1 amide bonds. The number of terminal acetylenes is 1. The third kappa shape index (κ3) is 5.26. The second-order valence-electron chi connectivity index (χ2n) is 9.06. The van der Waals surface area contributed by atoms with Crippen LogP contribution in [0.1, 0.15) is 17.5 Å². The molecule has 4 heterocycles. The Morgan fingerprint density at radius 3 is 2.53 bits per heavy atom. The number of nitrogens with one attached hydrogen (secondary N) is 1. The van der Waals surface area contributed by atoms with E-state index in [-0.39, 0.29) is 29.9 Å². The van der Waals surface area contributed by atoms with Crippen LogP contribution in [0.5, 0.6) is 0 Å². The van der Waals surface area contributed by atoms with Gasteiger partial charge in [-0.15, -0.1) is 6.42 Å². The average Bonchev–Trinajstić information content (AvgIpc) is 2.93. The molecular weight excluding hydrogens is 503 g/mol. The number of carbonyl (C=O) groups excluding carboxylic acids is 1. The largest absolute Gasteiger partial charge is 0.419 e. The predicted octanol–water partition coefficient (Wildman–Crippen LogP) is 1.66. The van der Waals surface area contributed by atoms with E-state index in [2.05, 4.69) is 26.1 Å². The zero-order valence-electron chi connectivity index (χ0n) is 20.2. The van der Waals surface area contributed by atoms with Gasteiger partial charge in [0.25, 0.3) is 5.56 Å². The maximum atomic E-state index is 13.0. The number of fused-ring (bicyclic) bond motifs is 1. The van der Waals surface area contributed by atoms with E-state index in [1.165, 1.54) is 0 Å². The summed E-state index contributed by atoms with van der Waals surface area (Å²) in [4.78, 5) is 38.4. The van der Waals surface area contributed by atoms with Crippen molar-refractivity contribution in [2.45, 2.75) is 18.7 Å². The van der Waals surface area contributed by atoms with Crippen molar-refractivity contribution in [2.24, 2.45) is 0 Å². The summed E-state index contributed by atoms with van der Waals surface area (Å²) in [7, 11) is 0. The number of rotatable bonds is 4. The molecule has 2 saturated heterocycles. The number of aromatic nitrogens is 4. The molecule has 1 N–H and O–H groups in total. The number of anilines is 2. The molecule has 0 unspecified atom stereocenters. The van der Waals surface area contributed by atoms with Gasteiger partial charge in [0.2, 0.25) is 11.9 Å². The summed E-state index contributed by atoms with van der Waals surface area (Å²) in [6.07, 6.45) is 2.29. The van der Waals surface area contributed by atoms with Crippen molar-refractivity contribution in [3.63, 3.8) is 0 Å². The van der Waals surface area contributed by atoms with Crippen LogP contribution >= 0.6 is 0 Å². The molecule has 0 bridgehead atoms. The van der Waals surface area contributed by atoms with Crippen molar-refractivity contribution >= 4 is 28.4 Å². The number of H-pyrrole nitrogens is 1. The summed E-state index contributed by atoms with van der Waals surface area (Å²) < 4.78 is 44.1. The number of morpholine rings is 1. The smallest absolute Gasteiger partial charge is 0.374 e. The lowest BCUT2D eigenvalue weighted by Gasteiger charge is -2.37. The van der Waals surface area contributed by atoms with Crippen LogP contribution in [0.2, 0.25) is 0 Å². The van der Waals surface area contributed by atoms with E-state index in [0.29, 0.717) is 68.0 Å². The molecule has 10 nitrogen and oxygen atoms in total. The lowest BCUT2D eigenvalue weighted by atomic mass is 10.1. The molecule has 5 rings (SSSR count). The number of hydrogen-bond donors (Lipinski definition) is 1. The van der Waals surface area contributed by atoms with Crippen LogP contribution in [0.4, 0.5) is 24.9 Å². The minimum atomic E-state index is -4.49. The molecular formula is C25H24F3N7O3. The highest BCUT2D eigenvalue weighted by Gasteiger charge is 2.32. The molecule has 2 aromatic heterocycles. The first-order chi connectivity index (χ1) is 18.2. The van der Waals surface area contributed by atoms with Crippen LogP contribution < -0.4 is 15.4 Å². The fourth-order valence-electron chi connectivity index (χ4n) is 4.63. The van der Waals surface area contributed by atoms with Gasteiger partial charge in [0.1, 0.15) is 0 Å². The molecule has 2 aliphatic rings. The standard InChI is InChI=1S/C25H24F3N7O3/c1-2-16-3-4-19-20(11-16)23(37)32-31-22(19)35-9-10-38-18(15-35)12-21(36)33-5-7-34(8-6-33)24-29-13-17(14-30-24)25(26,27)28/h1,3-4,11,13-14,18H,5-10,12,15H2,(H,32,37)/t18-/m1/s1. The lowest BCUT2D eigenvalue weighted by Crippen LogP contribution is -2.51. The third-order valence-electron chi connectivity index (χ3n) is 6.66. The normalized spacial score (nSPS) is 18.5. The molecule has 1 atom stereocenters. The van der Waals surface area contributed by atoms with E-state index < -0.39 is 11.7 Å². The van der Waals surface area contributed by atoms with E-state index in [4.69, 9.17) is 11.2 Å². The first kappa shape index (κ1) is 25.5. The van der Waals surface area contributed by atoms with Gasteiger partial charge in [0.05, 0.1) is 30.1 Å². The van der Waals surface area contributed by atoms with Crippen LogP contribution in [-0.2, 0) is 15.7 Å². The number of amides is 1. The number of carbonyl (C=O) groups is 1. The summed E-state index contributed by atoms with van der Waals surface area (Å²) in [6, 6.07) is 5.18. The SMILES string of the molecule is C#Cc1ccc2c(N3CCO[C@H](CC(=O)N4CCN(c5ncc(C(F)(F)F)cn5)CC4)C3)n[nH]c(=O)c2c1. The van der Waals surface area contributed by atoms with Crippen molar-refractivity contribution < 1.29 is 22.7 Å². The van der Waals surface area contributed by atoms with Gasteiger partial charge in [0, 0.05) is 62.6 Å². The topological polar surface area (TPSA) is 108 Å². The number of hydrogen-bond acceptors (Lipinski definition) is 8. The second kappa shape index (κ2) is 10.3. The fraction of sp³-hybridized carbons (Fsp3) is 0.400. The Kier molecular flexibility index (Phi) is 6.90. The minimum absolute atomic E-state index is 0.0808. The monoisotopic (exact) mass is 527 g/mol. The third-order valence-corrected chi connectivity index (χ3v) is 6.66. The van der Waals surface area contributed by atoms with Gasteiger partial charge < -0.3 is 19.4 Å². The summed E-state index contributed by atoms with van der Waals surface area (Å²) in [5.74, 6) is 3.24. The molecule has 0 radical (unpaired) electrons. The molecule has 38 heavy (non-hydrogen) atoms. The van der Waals surface area contributed by atoms with Crippen LogP contribution in [0, 0.1) is 12.3 Å². The Morgan fingerprint density at radius 1 is 1.11 bits per heavy atom. The van der Waals surface area contributed by atoms with Crippen LogP contribution in [0.3, 0.4) is 0 Å². The highest BCUT2D eigenvalue weighted by Crippen LogP contribution is 2.29. The van der Waals surface area contributed by atoms with Crippen molar-refractivity contribution in [2.75, 3.05) is 55.7 Å². The summed E-state index contributed by atoms with van der Waals surface area (Å²) in [5.41, 5.74) is -0.642. The van der Waals surface area contributed by atoms with Gasteiger partial charge in [-0.2, -0.15) is 18.3 Å². The lowest BCUT2D eigenvalue weighted by molar-refractivity contribution is -0.138. The van der Waals surface area contributed by atoms with E-state index >= 15 is 0 Å². The molecule has 2 fully saturated rings. The van der Waals surface area contributed by atoms with Crippen molar-refractivity contribution in [3.8, 4) is 12.3 Å². The number of nitrogens with zero attached hydrogens (tertiary/aromatic N) is 6. The van der Waals surface area contributed by atoms with Crippen molar-refractivity contribution in [1.82, 2.24) is 25.1 Å². The zero-order valence-corrected chi connectivity index (χ0v) is 20.2. The number of piperazine rings is 1. The van der Waals surface area contributed by atoms with Crippen molar-refractivity contribution in [1.29, 1.82) is 0 Å². The Balaban J connectivity index is 1.19. The molecule has 0 aliphatic carbocycles. The summed E-state index contributed by atoms with van der Waals surface area (Å²) in [6.45, 7) is 2.94. The van der Waals surface area contributed by atoms with Gasteiger partial charge in [0.15, 0.2) is 5.82 Å². The second-order valence-corrected chi connectivity index (χ2v) is 9.06. The minimum Gasteiger partial charge on any atom is -0.374 e. The number of ether oxygens (including phenoxy) is 1. The molecule has 2 aliphatic heterocycles. The van der Waals surface area contributed by atoms with E-state index in [0.717, 1.165) is 12.4 Å². The molecule has 13 heteroatoms. The number of benzene rings is 1. The van der Waals surface area contributed by atoms with Crippen molar-refractivity contribution in [3.05, 3.63) is 52.1 Å². The quantitative estimate of drug-likeness (QED) is 0.511. The van der Waals surface area contributed by atoms with E-state index in [1.54, 1.807) is 28.0 Å². The number of halogens is 3. The van der Waals surface area contributed by atoms with Gasteiger partial charge in [-0.3, -0.25) is 9.59 Å². The Bertz CT molecular complexity index is 1430. The average molecular weight is 528 g/mol. The molecule has 3 aromatic rings. The van der Waals surface area contributed by atoms with Gasteiger partial charge in [-0.25, -0.2) is 15.1 Å². The highest BCUT2D eigenvalue weighted by molar-refractivity contribution is 5.92. The summed E-state index contributed by atoms with van der Waals surface area (Å²) >= 11 is 0. The zero-order chi connectivity index (χ0) is 26.9. The Labute approximate surface area is 215 Å². The van der Waals surface area contributed by atoms with Gasteiger partial charge in [-0.05, 0) is 18.2 Å². The summed E-state index contributed by atoms with van der Waals surface area (Å²) in [5, 5.41) is 7.89. The molecule has 0 spiro atoms. The van der Waals surface area contributed by atoms with Gasteiger partial charge >= 0.3 is 6.18 Å². The fourth-order valence-corrected chi connectivity index (χ4v) is 4.63. The number of aromatic amines is 1. The molecule has 0 saturated carbocycles. The maximum absolute atomic E-state index is 13.0. The Morgan fingerprint density at radius 2 is 1.84 bits per heavy atom. The first-order valence-corrected chi connectivity index (χ1v) is 12.0. The molecule has 198 valence electrons. The Hall–Kier alpha value is -4.18. The maximum Gasteiger partial charge on any atom is 0.419 e. The highest BCUT2D eigenvalue weighted by atomic mass is 19.4. The van der Waals surface area contributed by atoms with E-state index in [1.807, 2.05) is 4.90 Å². The van der Waals surface area contributed by atoms with E-state index in [9.17, 15) is 22.8 Å². The predicted molar refractivity (Wildman–Crippen MR) is 133 cm³/mol. The van der Waals surface area contributed by atoms with Gasteiger partial charge in [-0.1, -0.05) is 5.92 Å².